The highest BCUT2D eigenvalue weighted by atomic mass is 35.5. The molecule has 1 amide bonds. The van der Waals surface area contributed by atoms with Crippen molar-refractivity contribution in [3.05, 3.63) is 123 Å². The van der Waals surface area contributed by atoms with Crippen LogP contribution >= 0.6 is 23.2 Å². The Labute approximate surface area is 230 Å². The predicted octanol–water partition coefficient (Wildman–Crippen LogP) is 6.62. The van der Waals surface area contributed by atoms with Crippen LogP contribution in [0, 0.1) is 0 Å². The first kappa shape index (κ1) is 26.0. The summed E-state index contributed by atoms with van der Waals surface area (Å²) in [6.45, 7) is 1.82. The maximum atomic E-state index is 13.4. The summed E-state index contributed by atoms with van der Waals surface area (Å²) in [4.78, 5) is 26.5. The maximum absolute atomic E-state index is 13.4. The van der Waals surface area contributed by atoms with Gasteiger partial charge in [-0.15, -0.1) is 0 Å². The van der Waals surface area contributed by atoms with Crippen molar-refractivity contribution in [1.29, 1.82) is 0 Å². The summed E-state index contributed by atoms with van der Waals surface area (Å²) in [6.07, 6.45) is 0.446. The van der Waals surface area contributed by atoms with Crippen LogP contribution in [0.4, 0.5) is 11.4 Å². The van der Waals surface area contributed by atoms with Crippen molar-refractivity contribution in [1.82, 2.24) is 0 Å². The van der Waals surface area contributed by atoms with Gasteiger partial charge < -0.3 is 5.32 Å². The average molecular weight is 565 g/mol. The van der Waals surface area contributed by atoms with E-state index in [2.05, 4.69) is 5.32 Å². The van der Waals surface area contributed by atoms with Gasteiger partial charge in [-0.05, 0) is 79.6 Å². The monoisotopic (exact) mass is 564 g/mol. The molecule has 0 aliphatic carbocycles. The third-order valence-corrected chi connectivity index (χ3v) is 8.81. The van der Waals surface area contributed by atoms with Crippen LogP contribution in [0.3, 0.4) is 0 Å². The largest absolute Gasteiger partial charge is 0.321 e. The van der Waals surface area contributed by atoms with Gasteiger partial charge in [0.15, 0.2) is 5.78 Å². The van der Waals surface area contributed by atoms with Crippen molar-refractivity contribution >= 4 is 56.3 Å². The fourth-order valence-corrected chi connectivity index (χ4v) is 6.57. The number of fused-ring (bicyclic) bond motifs is 1. The summed E-state index contributed by atoms with van der Waals surface area (Å²) in [6, 6.07) is 24.0. The van der Waals surface area contributed by atoms with Gasteiger partial charge in [0.1, 0.15) is 0 Å². The van der Waals surface area contributed by atoms with Crippen LogP contribution < -0.4 is 9.62 Å². The first-order valence-electron chi connectivity index (χ1n) is 11.8. The van der Waals surface area contributed by atoms with Crippen LogP contribution in [0.15, 0.2) is 95.9 Å². The topological polar surface area (TPSA) is 83.6 Å². The number of nitrogens with one attached hydrogen (secondary N) is 1. The number of hydrogen-bond acceptors (Lipinski definition) is 4. The van der Waals surface area contributed by atoms with Crippen molar-refractivity contribution < 1.29 is 18.0 Å². The second-order valence-corrected chi connectivity index (χ2v) is 11.7. The standard InChI is InChI=1S/C29H22Cl2N2O4S/c1-18-15-21-16-20(7-14-27(21)33(18)38(36,37)24-11-8-22(30)9-12-24)29(35)32-26-13-10-23(31)17-25(26)28(34)19-5-3-2-4-6-19/h2-14,16-18H,15H2,1H3,(H,32,35)/t18-/m0/s1. The Morgan fingerprint density at radius 1 is 0.842 bits per heavy atom. The second-order valence-electron chi connectivity index (χ2n) is 8.99. The lowest BCUT2D eigenvalue weighted by molar-refractivity contribution is 0.102. The van der Waals surface area contributed by atoms with Crippen LogP contribution in [0.5, 0.6) is 0 Å². The quantitative estimate of drug-likeness (QED) is 0.267. The SMILES string of the molecule is C[C@H]1Cc2cc(C(=O)Nc3ccc(Cl)cc3C(=O)c3ccccc3)ccc2N1S(=O)(=O)c1ccc(Cl)cc1. The smallest absolute Gasteiger partial charge is 0.264 e. The molecule has 1 aliphatic rings. The summed E-state index contributed by atoms with van der Waals surface area (Å²) in [5.41, 5.74) is 2.67. The molecule has 38 heavy (non-hydrogen) atoms. The molecule has 0 unspecified atom stereocenters. The first-order valence-corrected chi connectivity index (χ1v) is 14.0. The average Bonchev–Trinajstić information content (AvgIpc) is 3.25. The van der Waals surface area contributed by atoms with E-state index in [1.54, 1.807) is 54.6 Å². The molecule has 0 fully saturated rings. The predicted molar refractivity (Wildman–Crippen MR) is 150 cm³/mol. The molecule has 4 aromatic carbocycles. The number of anilines is 2. The van der Waals surface area contributed by atoms with E-state index in [0.717, 1.165) is 5.56 Å². The lowest BCUT2D eigenvalue weighted by atomic mass is 10.0. The van der Waals surface area contributed by atoms with Gasteiger partial charge in [0.2, 0.25) is 0 Å². The summed E-state index contributed by atoms with van der Waals surface area (Å²) >= 11 is 12.1. The van der Waals surface area contributed by atoms with Gasteiger partial charge >= 0.3 is 0 Å². The minimum absolute atomic E-state index is 0.141. The molecule has 0 radical (unpaired) electrons. The number of nitrogens with zero attached hydrogens (tertiary/aromatic N) is 1. The Hall–Kier alpha value is -3.65. The van der Waals surface area contributed by atoms with E-state index in [1.165, 1.54) is 34.6 Å². The highest BCUT2D eigenvalue weighted by Gasteiger charge is 2.36. The van der Waals surface area contributed by atoms with E-state index >= 15 is 0 Å². The Morgan fingerprint density at radius 2 is 1.53 bits per heavy atom. The Bertz CT molecular complexity index is 1660. The summed E-state index contributed by atoms with van der Waals surface area (Å²) < 4.78 is 28.1. The van der Waals surface area contributed by atoms with Gasteiger partial charge in [0, 0.05) is 32.8 Å². The summed E-state index contributed by atoms with van der Waals surface area (Å²) in [5, 5.41) is 3.64. The molecule has 1 atom stereocenters. The van der Waals surface area contributed by atoms with E-state index in [4.69, 9.17) is 23.2 Å². The molecule has 5 rings (SSSR count). The number of sulfonamides is 1. The lowest BCUT2D eigenvalue weighted by Crippen LogP contribution is -2.35. The third kappa shape index (κ3) is 4.92. The summed E-state index contributed by atoms with van der Waals surface area (Å²) in [5.74, 6) is -0.696. The van der Waals surface area contributed by atoms with Crippen molar-refractivity contribution in [3.63, 3.8) is 0 Å². The molecular weight excluding hydrogens is 543 g/mol. The molecule has 0 saturated heterocycles. The van der Waals surface area contributed by atoms with Gasteiger partial charge in [-0.2, -0.15) is 0 Å². The van der Waals surface area contributed by atoms with Crippen molar-refractivity contribution in [3.8, 4) is 0 Å². The third-order valence-electron chi connectivity index (χ3n) is 6.38. The Kier molecular flexibility index (Phi) is 7.01. The van der Waals surface area contributed by atoms with E-state index in [-0.39, 0.29) is 22.3 Å². The van der Waals surface area contributed by atoms with Gasteiger partial charge in [-0.25, -0.2) is 8.42 Å². The minimum Gasteiger partial charge on any atom is -0.321 e. The molecule has 0 aromatic heterocycles. The Balaban J connectivity index is 1.43. The van der Waals surface area contributed by atoms with Gasteiger partial charge in [-0.1, -0.05) is 53.5 Å². The van der Waals surface area contributed by atoms with Crippen LogP contribution in [0.2, 0.25) is 10.0 Å². The van der Waals surface area contributed by atoms with Crippen LogP contribution in [-0.4, -0.2) is 26.2 Å². The fourth-order valence-electron chi connectivity index (χ4n) is 4.58. The van der Waals surface area contributed by atoms with Crippen LogP contribution in [0.1, 0.15) is 38.8 Å². The number of benzene rings is 4. The van der Waals surface area contributed by atoms with E-state index in [9.17, 15) is 18.0 Å². The number of ketones is 1. The minimum atomic E-state index is -3.82. The van der Waals surface area contributed by atoms with Crippen molar-refractivity contribution in [2.75, 3.05) is 9.62 Å². The molecule has 0 saturated carbocycles. The van der Waals surface area contributed by atoms with Crippen molar-refractivity contribution in [2.24, 2.45) is 0 Å². The zero-order valence-corrected chi connectivity index (χ0v) is 22.5. The van der Waals surface area contributed by atoms with Gasteiger partial charge in [0.05, 0.1) is 16.3 Å². The number of carbonyl (C=O) groups is 2. The first-order chi connectivity index (χ1) is 18.1. The lowest BCUT2D eigenvalue weighted by Gasteiger charge is -2.24. The van der Waals surface area contributed by atoms with Crippen molar-refractivity contribution in [2.45, 2.75) is 24.3 Å². The van der Waals surface area contributed by atoms with Gasteiger partial charge in [0.25, 0.3) is 15.9 Å². The van der Waals surface area contributed by atoms with E-state index in [1.807, 2.05) is 13.0 Å². The molecule has 9 heteroatoms. The number of amides is 1. The number of rotatable bonds is 6. The molecular formula is C29H22Cl2N2O4S. The Morgan fingerprint density at radius 3 is 2.24 bits per heavy atom. The zero-order chi connectivity index (χ0) is 27.0. The van der Waals surface area contributed by atoms with Crippen LogP contribution in [0.25, 0.3) is 0 Å². The number of halogens is 2. The highest BCUT2D eigenvalue weighted by Crippen LogP contribution is 2.37. The molecule has 1 N–H and O–H groups in total. The molecule has 0 bridgehead atoms. The van der Waals surface area contributed by atoms with E-state index in [0.29, 0.717) is 39.0 Å². The van der Waals surface area contributed by atoms with E-state index < -0.39 is 15.9 Å². The number of hydrogen-bond donors (Lipinski definition) is 1. The molecule has 4 aromatic rings. The maximum Gasteiger partial charge on any atom is 0.264 e. The van der Waals surface area contributed by atoms with Crippen LogP contribution in [-0.2, 0) is 16.4 Å². The second kappa shape index (κ2) is 10.3. The molecule has 1 heterocycles. The van der Waals surface area contributed by atoms with Gasteiger partial charge in [-0.3, -0.25) is 13.9 Å². The molecule has 6 nitrogen and oxygen atoms in total. The molecule has 1 aliphatic heterocycles. The highest BCUT2D eigenvalue weighted by molar-refractivity contribution is 7.92. The number of carbonyl (C=O) groups excluding carboxylic acids is 2. The normalized spacial score (nSPS) is 14.7. The molecule has 0 spiro atoms. The fraction of sp³-hybridized carbons (Fsp3) is 0.103. The molecule has 192 valence electrons. The summed E-state index contributed by atoms with van der Waals surface area (Å²) in [7, 11) is -3.82. The zero-order valence-electron chi connectivity index (χ0n) is 20.2.